The third-order valence-corrected chi connectivity index (χ3v) is 4.31. The number of likely N-dealkylation sites (N-methyl/N-ethyl adjacent to an activating group) is 1. The minimum absolute atomic E-state index is 0.257. The first-order valence-corrected chi connectivity index (χ1v) is 7.26. The molecule has 2 heterocycles. The summed E-state index contributed by atoms with van der Waals surface area (Å²) in [5.41, 5.74) is 0. The Morgan fingerprint density at radius 2 is 2.00 bits per heavy atom. The van der Waals surface area contributed by atoms with Crippen LogP contribution in [-0.2, 0) is 0 Å². The second kappa shape index (κ2) is 7.40. The van der Waals surface area contributed by atoms with Crippen LogP contribution in [0.5, 0.6) is 0 Å². The van der Waals surface area contributed by atoms with Crippen LogP contribution in [0.4, 0.5) is 0 Å². The summed E-state index contributed by atoms with van der Waals surface area (Å²) in [7, 11) is 2.14. The number of rotatable bonds is 5. The van der Waals surface area contributed by atoms with Gasteiger partial charge >= 0.3 is 0 Å². The Labute approximate surface area is 111 Å². The summed E-state index contributed by atoms with van der Waals surface area (Å²) in [6.45, 7) is 9.07. The fraction of sp³-hybridized carbons (Fsp3) is 1.00. The van der Waals surface area contributed by atoms with Gasteiger partial charge in [-0.3, -0.25) is 4.90 Å². The molecule has 0 aromatic rings. The van der Waals surface area contributed by atoms with Crippen LogP contribution in [0.3, 0.4) is 0 Å². The molecule has 2 aliphatic heterocycles. The standard InChI is InChI=1S/C13H28N4O/c1-16(8-9-18)13-10-15-3-2-12(13)11-17-6-4-14-5-7-17/h12-15,18H,2-11H2,1H3. The molecule has 2 rings (SSSR count). The van der Waals surface area contributed by atoms with Crippen LogP contribution in [0.15, 0.2) is 0 Å². The molecule has 0 radical (unpaired) electrons. The third-order valence-electron chi connectivity index (χ3n) is 4.31. The molecular formula is C13H28N4O. The number of piperidine rings is 1. The van der Waals surface area contributed by atoms with Crippen LogP contribution in [-0.4, -0.2) is 87.0 Å². The number of hydrogen-bond donors (Lipinski definition) is 3. The van der Waals surface area contributed by atoms with Crippen LogP contribution in [0, 0.1) is 5.92 Å². The maximum Gasteiger partial charge on any atom is 0.0558 e. The highest BCUT2D eigenvalue weighted by Gasteiger charge is 2.29. The van der Waals surface area contributed by atoms with E-state index in [4.69, 9.17) is 5.11 Å². The Hall–Kier alpha value is -0.200. The molecule has 0 aromatic carbocycles. The average molecular weight is 256 g/mol. The van der Waals surface area contributed by atoms with Gasteiger partial charge < -0.3 is 20.6 Å². The summed E-state index contributed by atoms with van der Waals surface area (Å²) in [6.07, 6.45) is 1.25. The minimum Gasteiger partial charge on any atom is -0.395 e. The zero-order valence-electron chi connectivity index (χ0n) is 11.6. The quantitative estimate of drug-likeness (QED) is 0.576. The lowest BCUT2D eigenvalue weighted by Gasteiger charge is -2.41. The van der Waals surface area contributed by atoms with E-state index in [9.17, 15) is 0 Å². The Morgan fingerprint density at radius 3 is 2.72 bits per heavy atom. The van der Waals surface area contributed by atoms with Crippen LogP contribution in [0.2, 0.25) is 0 Å². The molecule has 0 spiro atoms. The van der Waals surface area contributed by atoms with Crippen molar-refractivity contribution >= 4 is 0 Å². The molecule has 0 aliphatic carbocycles. The number of hydrogen-bond acceptors (Lipinski definition) is 5. The number of nitrogens with one attached hydrogen (secondary N) is 2. The fourth-order valence-electron chi connectivity index (χ4n) is 3.17. The summed E-state index contributed by atoms with van der Waals surface area (Å²) in [5, 5.41) is 16.0. The maximum absolute atomic E-state index is 9.09. The van der Waals surface area contributed by atoms with Gasteiger partial charge in [-0.15, -0.1) is 0 Å². The number of nitrogens with zero attached hydrogens (tertiary/aromatic N) is 2. The van der Waals surface area contributed by atoms with E-state index in [-0.39, 0.29) is 6.61 Å². The third kappa shape index (κ3) is 3.90. The van der Waals surface area contributed by atoms with Crippen LogP contribution in [0.25, 0.3) is 0 Å². The predicted molar refractivity (Wildman–Crippen MR) is 73.8 cm³/mol. The summed E-state index contributed by atoms with van der Waals surface area (Å²) < 4.78 is 0. The first kappa shape index (κ1) is 14.2. The predicted octanol–water partition coefficient (Wildman–Crippen LogP) is -1.21. The Bertz CT molecular complexity index is 233. The maximum atomic E-state index is 9.09. The van der Waals surface area contributed by atoms with Gasteiger partial charge in [-0.05, 0) is 25.9 Å². The van der Waals surface area contributed by atoms with Gasteiger partial charge in [0.25, 0.3) is 0 Å². The normalized spacial score (nSPS) is 30.8. The minimum atomic E-state index is 0.257. The second-order valence-corrected chi connectivity index (χ2v) is 5.58. The molecule has 2 atom stereocenters. The van der Waals surface area contributed by atoms with Crippen molar-refractivity contribution in [2.24, 2.45) is 5.92 Å². The van der Waals surface area contributed by atoms with Gasteiger partial charge in [-0.25, -0.2) is 0 Å². The first-order valence-electron chi connectivity index (χ1n) is 7.26. The van der Waals surface area contributed by atoms with Crippen molar-refractivity contribution in [3.63, 3.8) is 0 Å². The molecule has 5 nitrogen and oxygen atoms in total. The van der Waals surface area contributed by atoms with Gasteiger partial charge in [-0.2, -0.15) is 0 Å². The summed E-state index contributed by atoms with van der Waals surface area (Å²) in [5.74, 6) is 0.737. The van der Waals surface area contributed by atoms with E-state index < -0.39 is 0 Å². The highest BCUT2D eigenvalue weighted by atomic mass is 16.3. The van der Waals surface area contributed by atoms with E-state index in [1.54, 1.807) is 0 Å². The zero-order chi connectivity index (χ0) is 12.8. The molecule has 2 saturated heterocycles. The van der Waals surface area contributed by atoms with E-state index >= 15 is 0 Å². The van der Waals surface area contributed by atoms with E-state index in [0.29, 0.717) is 6.04 Å². The molecule has 0 amide bonds. The van der Waals surface area contributed by atoms with Gasteiger partial charge in [0.1, 0.15) is 0 Å². The van der Waals surface area contributed by atoms with Crippen molar-refractivity contribution < 1.29 is 5.11 Å². The SMILES string of the molecule is CN(CCO)C1CNCCC1CN1CCNCC1. The molecule has 0 saturated carbocycles. The highest BCUT2D eigenvalue weighted by Crippen LogP contribution is 2.19. The molecule has 2 aliphatic rings. The lowest BCUT2D eigenvalue weighted by atomic mass is 9.91. The van der Waals surface area contributed by atoms with Gasteiger partial charge in [0, 0.05) is 51.9 Å². The zero-order valence-corrected chi connectivity index (χ0v) is 11.6. The molecule has 106 valence electrons. The van der Waals surface area contributed by atoms with Gasteiger partial charge in [-0.1, -0.05) is 0 Å². The van der Waals surface area contributed by atoms with E-state index in [0.717, 1.165) is 38.6 Å². The molecule has 2 unspecified atom stereocenters. The van der Waals surface area contributed by atoms with Crippen LogP contribution < -0.4 is 10.6 Å². The second-order valence-electron chi connectivity index (χ2n) is 5.58. The van der Waals surface area contributed by atoms with Gasteiger partial charge in [0.2, 0.25) is 0 Å². The Kier molecular flexibility index (Phi) is 5.85. The smallest absolute Gasteiger partial charge is 0.0558 e. The highest BCUT2D eigenvalue weighted by molar-refractivity contribution is 4.87. The first-order chi connectivity index (χ1) is 8.81. The van der Waals surface area contributed by atoms with Crippen molar-refractivity contribution in [2.75, 3.05) is 66.0 Å². The number of aliphatic hydroxyl groups excluding tert-OH is 1. The topological polar surface area (TPSA) is 50.8 Å². The monoisotopic (exact) mass is 256 g/mol. The summed E-state index contributed by atoms with van der Waals surface area (Å²) in [4.78, 5) is 4.91. The molecule has 0 aromatic heterocycles. The molecule has 5 heteroatoms. The van der Waals surface area contributed by atoms with E-state index in [2.05, 4.69) is 27.5 Å². The van der Waals surface area contributed by atoms with E-state index in [1.165, 1.54) is 26.1 Å². The lowest BCUT2D eigenvalue weighted by molar-refractivity contribution is 0.0863. The largest absolute Gasteiger partial charge is 0.395 e. The molecule has 3 N–H and O–H groups in total. The molecular weight excluding hydrogens is 228 g/mol. The fourth-order valence-corrected chi connectivity index (χ4v) is 3.17. The summed E-state index contributed by atoms with van der Waals surface area (Å²) >= 11 is 0. The molecule has 18 heavy (non-hydrogen) atoms. The number of piperazine rings is 1. The van der Waals surface area contributed by atoms with Crippen molar-refractivity contribution in [3.8, 4) is 0 Å². The van der Waals surface area contributed by atoms with Crippen molar-refractivity contribution in [3.05, 3.63) is 0 Å². The molecule has 0 bridgehead atoms. The molecule has 2 fully saturated rings. The van der Waals surface area contributed by atoms with Gasteiger partial charge in [0.05, 0.1) is 6.61 Å². The van der Waals surface area contributed by atoms with Crippen molar-refractivity contribution in [2.45, 2.75) is 12.5 Å². The summed E-state index contributed by atoms with van der Waals surface area (Å²) in [6, 6.07) is 0.570. The van der Waals surface area contributed by atoms with Crippen LogP contribution in [0.1, 0.15) is 6.42 Å². The lowest BCUT2D eigenvalue weighted by Crippen LogP contribution is -2.55. The van der Waals surface area contributed by atoms with Crippen molar-refractivity contribution in [1.82, 2.24) is 20.4 Å². The Balaban J connectivity index is 1.86. The van der Waals surface area contributed by atoms with Gasteiger partial charge in [0.15, 0.2) is 0 Å². The van der Waals surface area contributed by atoms with Crippen molar-refractivity contribution in [1.29, 1.82) is 0 Å². The average Bonchev–Trinajstić information content (AvgIpc) is 2.41. The van der Waals surface area contributed by atoms with Crippen LogP contribution >= 0.6 is 0 Å². The Morgan fingerprint density at radius 1 is 1.22 bits per heavy atom. The number of aliphatic hydroxyl groups is 1. The van der Waals surface area contributed by atoms with E-state index in [1.807, 2.05) is 0 Å².